The fourth-order valence-corrected chi connectivity index (χ4v) is 1.29. The molecule has 0 aliphatic rings. The molecule has 0 radical (unpaired) electrons. The van der Waals surface area contributed by atoms with E-state index in [0.717, 1.165) is 17.9 Å². The van der Waals surface area contributed by atoms with Crippen LogP contribution in [0.4, 0.5) is 0 Å². The van der Waals surface area contributed by atoms with Crippen LogP contribution in [0.15, 0.2) is 24.3 Å². The molecule has 84 valence electrons. The molecule has 0 heterocycles. The second kappa shape index (κ2) is 6.30. The van der Waals surface area contributed by atoms with Gasteiger partial charge >= 0.3 is 0 Å². The summed E-state index contributed by atoms with van der Waals surface area (Å²) in [7, 11) is 0. The molecule has 0 spiro atoms. The molecule has 1 aromatic rings. The Bertz CT molecular complexity index is 285. The molecule has 0 aromatic heterocycles. The predicted molar refractivity (Wildman–Crippen MR) is 61.4 cm³/mol. The third-order valence-corrected chi connectivity index (χ3v) is 2.14. The molecule has 2 N–H and O–H groups in total. The van der Waals surface area contributed by atoms with E-state index in [1.54, 1.807) is 0 Å². The van der Waals surface area contributed by atoms with Crippen molar-refractivity contribution in [2.75, 3.05) is 13.2 Å². The van der Waals surface area contributed by atoms with Crippen molar-refractivity contribution in [2.45, 2.75) is 26.4 Å². The first-order valence-electron chi connectivity index (χ1n) is 5.39. The first kappa shape index (κ1) is 11.9. The van der Waals surface area contributed by atoms with Gasteiger partial charge in [0.1, 0.15) is 17.6 Å². The SMILES string of the molecule is CCOc1cccc(OC(CC)CN)c1. The Morgan fingerprint density at radius 3 is 2.60 bits per heavy atom. The molecule has 0 aliphatic heterocycles. The molecule has 0 amide bonds. The predicted octanol–water partition coefficient (Wildman–Crippen LogP) is 2.20. The summed E-state index contributed by atoms with van der Waals surface area (Å²) in [5, 5.41) is 0. The summed E-state index contributed by atoms with van der Waals surface area (Å²) in [5.74, 6) is 1.65. The van der Waals surface area contributed by atoms with Gasteiger partial charge in [-0.1, -0.05) is 13.0 Å². The van der Waals surface area contributed by atoms with Gasteiger partial charge in [0.05, 0.1) is 6.61 Å². The molecular formula is C12H19NO2. The van der Waals surface area contributed by atoms with Crippen molar-refractivity contribution in [2.24, 2.45) is 5.73 Å². The van der Waals surface area contributed by atoms with Crippen LogP contribution in [0, 0.1) is 0 Å². The standard InChI is InChI=1S/C12H19NO2/c1-3-10(9-13)15-12-7-5-6-11(8-12)14-4-2/h5-8,10H,3-4,9,13H2,1-2H3. The molecule has 0 bridgehead atoms. The summed E-state index contributed by atoms with van der Waals surface area (Å²) in [6.07, 6.45) is 0.997. The number of hydrogen-bond acceptors (Lipinski definition) is 3. The summed E-state index contributed by atoms with van der Waals surface area (Å²) in [4.78, 5) is 0. The second-order valence-electron chi connectivity index (χ2n) is 3.29. The molecule has 1 atom stereocenters. The second-order valence-corrected chi connectivity index (χ2v) is 3.29. The van der Waals surface area contributed by atoms with Gasteiger partial charge in [-0.3, -0.25) is 0 Å². The Kier molecular flexibility index (Phi) is 4.98. The average Bonchev–Trinajstić information content (AvgIpc) is 2.27. The topological polar surface area (TPSA) is 44.5 Å². The Labute approximate surface area is 91.2 Å². The third-order valence-electron chi connectivity index (χ3n) is 2.14. The van der Waals surface area contributed by atoms with Crippen LogP contribution in [0.5, 0.6) is 11.5 Å². The molecule has 0 saturated heterocycles. The van der Waals surface area contributed by atoms with Crippen molar-refractivity contribution in [1.82, 2.24) is 0 Å². The molecule has 1 aromatic carbocycles. The van der Waals surface area contributed by atoms with E-state index in [4.69, 9.17) is 15.2 Å². The lowest BCUT2D eigenvalue weighted by molar-refractivity contribution is 0.204. The van der Waals surface area contributed by atoms with Gasteiger partial charge in [0.15, 0.2) is 0 Å². The van der Waals surface area contributed by atoms with Gasteiger partial charge in [-0.2, -0.15) is 0 Å². The van der Waals surface area contributed by atoms with Crippen LogP contribution in [-0.4, -0.2) is 19.3 Å². The van der Waals surface area contributed by atoms with Crippen LogP contribution in [0.25, 0.3) is 0 Å². The first-order valence-corrected chi connectivity index (χ1v) is 5.39. The summed E-state index contributed by atoms with van der Waals surface area (Å²) >= 11 is 0. The van der Waals surface area contributed by atoms with Gasteiger partial charge in [-0.05, 0) is 25.5 Å². The van der Waals surface area contributed by atoms with Gasteiger partial charge < -0.3 is 15.2 Å². The zero-order chi connectivity index (χ0) is 11.1. The van der Waals surface area contributed by atoms with Crippen LogP contribution in [0.1, 0.15) is 20.3 Å². The van der Waals surface area contributed by atoms with Crippen LogP contribution in [0.2, 0.25) is 0 Å². The normalized spacial score (nSPS) is 12.2. The molecular weight excluding hydrogens is 190 g/mol. The number of nitrogens with two attached hydrogens (primary N) is 1. The van der Waals surface area contributed by atoms with E-state index in [1.165, 1.54) is 0 Å². The quantitative estimate of drug-likeness (QED) is 0.781. The van der Waals surface area contributed by atoms with Crippen molar-refractivity contribution in [3.8, 4) is 11.5 Å². The minimum absolute atomic E-state index is 0.0851. The molecule has 0 saturated carbocycles. The Morgan fingerprint density at radius 2 is 2.00 bits per heavy atom. The summed E-state index contributed by atoms with van der Waals surface area (Å²) < 4.78 is 11.1. The zero-order valence-electron chi connectivity index (χ0n) is 9.40. The lowest BCUT2D eigenvalue weighted by atomic mass is 10.2. The lowest BCUT2D eigenvalue weighted by Crippen LogP contribution is -2.25. The largest absolute Gasteiger partial charge is 0.494 e. The van der Waals surface area contributed by atoms with E-state index in [0.29, 0.717) is 13.2 Å². The van der Waals surface area contributed by atoms with Crippen LogP contribution < -0.4 is 15.2 Å². The molecule has 0 aliphatic carbocycles. The smallest absolute Gasteiger partial charge is 0.123 e. The van der Waals surface area contributed by atoms with Gasteiger partial charge in [-0.25, -0.2) is 0 Å². The Morgan fingerprint density at radius 1 is 1.27 bits per heavy atom. The highest BCUT2D eigenvalue weighted by Gasteiger charge is 2.05. The third kappa shape index (κ3) is 3.80. The van der Waals surface area contributed by atoms with Gasteiger partial charge in [0.2, 0.25) is 0 Å². The van der Waals surface area contributed by atoms with E-state index in [-0.39, 0.29) is 6.10 Å². The summed E-state index contributed by atoms with van der Waals surface area (Å²) in [6, 6.07) is 7.64. The number of rotatable bonds is 6. The minimum atomic E-state index is 0.0851. The van der Waals surface area contributed by atoms with Crippen LogP contribution in [-0.2, 0) is 0 Å². The van der Waals surface area contributed by atoms with E-state index in [9.17, 15) is 0 Å². The van der Waals surface area contributed by atoms with E-state index >= 15 is 0 Å². The number of hydrogen-bond donors (Lipinski definition) is 1. The van der Waals surface area contributed by atoms with Crippen molar-refractivity contribution in [3.05, 3.63) is 24.3 Å². The van der Waals surface area contributed by atoms with Crippen LogP contribution >= 0.6 is 0 Å². The maximum atomic E-state index is 5.69. The Balaban J connectivity index is 2.64. The monoisotopic (exact) mass is 209 g/mol. The van der Waals surface area contributed by atoms with Crippen molar-refractivity contribution < 1.29 is 9.47 Å². The fraction of sp³-hybridized carbons (Fsp3) is 0.500. The zero-order valence-corrected chi connectivity index (χ0v) is 9.40. The average molecular weight is 209 g/mol. The minimum Gasteiger partial charge on any atom is -0.494 e. The molecule has 0 fully saturated rings. The molecule has 15 heavy (non-hydrogen) atoms. The molecule has 3 heteroatoms. The van der Waals surface area contributed by atoms with E-state index in [2.05, 4.69) is 6.92 Å². The van der Waals surface area contributed by atoms with Crippen molar-refractivity contribution in [1.29, 1.82) is 0 Å². The maximum absolute atomic E-state index is 5.69. The maximum Gasteiger partial charge on any atom is 0.123 e. The van der Waals surface area contributed by atoms with E-state index < -0.39 is 0 Å². The fourth-order valence-electron chi connectivity index (χ4n) is 1.29. The molecule has 1 rings (SSSR count). The Hall–Kier alpha value is -1.22. The van der Waals surface area contributed by atoms with E-state index in [1.807, 2.05) is 31.2 Å². The van der Waals surface area contributed by atoms with Crippen molar-refractivity contribution >= 4 is 0 Å². The highest BCUT2D eigenvalue weighted by atomic mass is 16.5. The van der Waals surface area contributed by atoms with Gasteiger partial charge in [0.25, 0.3) is 0 Å². The van der Waals surface area contributed by atoms with Gasteiger partial charge in [-0.15, -0.1) is 0 Å². The highest BCUT2D eigenvalue weighted by Crippen LogP contribution is 2.20. The number of ether oxygens (including phenoxy) is 2. The van der Waals surface area contributed by atoms with Crippen molar-refractivity contribution in [3.63, 3.8) is 0 Å². The highest BCUT2D eigenvalue weighted by molar-refractivity contribution is 5.33. The van der Waals surface area contributed by atoms with Crippen LogP contribution in [0.3, 0.4) is 0 Å². The molecule has 3 nitrogen and oxygen atoms in total. The molecule has 1 unspecified atom stereocenters. The lowest BCUT2D eigenvalue weighted by Gasteiger charge is -2.15. The first-order chi connectivity index (χ1) is 7.30. The van der Waals surface area contributed by atoms with Gasteiger partial charge in [0, 0.05) is 12.6 Å². The number of benzene rings is 1. The summed E-state index contributed by atoms with van der Waals surface area (Å²) in [6.45, 7) is 5.22. The summed E-state index contributed by atoms with van der Waals surface area (Å²) in [5.41, 5.74) is 5.57.